The molecule has 0 heterocycles. The van der Waals surface area contributed by atoms with E-state index in [0.29, 0.717) is 0 Å². The lowest BCUT2D eigenvalue weighted by molar-refractivity contribution is -0.598. The van der Waals surface area contributed by atoms with E-state index >= 15 is 0 Å². The molecule has 0 unspecified atom stereocenters. The van der Waals surface area contributed by atoms with Gasteiger partial charge in [-0.15, -0.1) is 0 Å². The molecule has 0 spiro atoms. The maximum absolute atomic E-state index is 10.7. The van der Waals surface area contributed by atoms with Gasteiger partial charge in [0.05, 0.1) is 0 Å². The first-order valence-electron chi connectivity index (χ1n) is 9.63. The van der Waals surface area contributed by atoms with Crippen molar-refractivity contribution in [1.29, 1.82) is 0 Å². The molecule has 0 amide bonds. The van der Waals surface area contributed by atoms with E-state index in [-0.39, 0.29) is 32.0 Å². The van der Waals surface area contributed by atoms with Crippen molar-refractivity contribution in [3.8, 4) is 0 Å². The van der Waals surface area contributed by atoms with Crippen molar-refractivity contribution >= 4 is 10.1 Å². The number of halogens is 4. The molecule has 3 nitrogen and oxygen atoms in total. The normalized spacial score (nSPS) is 12.9. The van der Waals surface area contributed by atoms with Crippen LogP contribution in [0.25, 0.3) is 0 Å². The Labute approximate surface area is 194 Å². The van der Waals surface area contributed by atoms with Crippen molar-refractivity contribution in [1.82, 2.24) is 0 Å². The average Bonchev–Trinajstić information content (AvgIpc) is 2.55. The van der Waals surface area contributed by atoms with Crippen molar-refractivity contribution in [3.05, 3.63) is 65.8 Å². The first-order chi connectivity index (χ1) is 13.7. The minimum Gasteiger partial charge on any atom is -0.741 e. The maximum Gasteiger partial charge on any atom is 0.485 e. The van der Waals surface area contributed by atoms with Gasteiger partial charge in [0, 0.05) is 11.1 Å². The van der Waals surface area contributed by atoms with Crippen LogP contribution < -0.4 is 21.2 Å². The maximum atomic E-state index is 10.7. The van der Waals surface area contributed by atoms with Gasteiger partial charge in [0.25, 0.3) is 0 Å². The van der Waals surface area contributed by atoms with Gasteiger partial charge in [0.2, 0.25) is 0 Å². The van der Waals surface area contributed by atoms with E-state index in [2.05, 4.69) is 91.8 Å². The highest BCUT2D eigenvalue weighted by Crippen LogP contribution is 2.23. The molecule has 0 radical (unpaired) electrons. The summed E-state index contributed by atoms with van der Waals surface area (Å²) >= 11 is -0.145. The van der Waals surface area contributed by atoms with E-state index in [0.717, 1.165) is 0 Å². The van der Waals surface area contributed by atoms with Crippen LogP contribution in [-0.2, 0) is 20.9 Å². The zero-order chi connectivity index (χ0) is 24.4. The van der Waals surface area contributed by atoms with Crippen LogP contribution in [0.1, 0.15) is 63.8 Å². The smallest absolute Gasteiger partial charge is 0.485 e. The Hall–Kier alpha value is -1.13. The fourth-order valence-electron chi connectivity index (χ4n) is 2.43. The largest absolute Gasteiger partial charge is 0.741 e. The van der Waals surface area contributed by atoms with Gasteiger partial charge in [0.1, 0.15) is 0 Å². The van der Waals surface area contributed by atoms with Crippen LogP contribution >= 0.6 is 0 Å². The number of hydrogen-bond acceptors (Lipinski definition) is 3. The molecule has 0 aliphatic heterocycles. The lowest BCUT2D eigenvalue weighted by Crippen LogP contribution is -3.62. The van der Waals surface area contributed by atoms with E-state index in [4.69, 9.17) is 13.0 Å². The van der Waals surface area contributed by atoms with E-state index in [1.807, 2.05) is 0 Å². The molecule has 0 aromatic heterocycles. The molecule has 0 fully saturated rings. The van der Waals surface area contributed by atoms with Gasteiger partial charge in [0.15, 0.2) is 17.3 Å². The van der Waals surface area contributed by atoms with Gasteiger partial charge in [-0.3, -0.25) is 0 Å². The number of rotatable bonds is 2. The molecule has 2 aromatic carbocycles. The Morgan fingerprint density at radius 1 is 0.742 bits per heavy atom. The summed E-state index contributed by atoms with van der Waals surface area (Å²) in [5.74, 6) is 0. The lowest BCUT2D eigenvalue weighted by Gasteiger charge is -2.19. The number of aryl methyl sites for hydroxylation is 2. The summed E-state index contributed by atoms with van der Waals surface area (Å²) in [5.41, 5.74) is 0.554. The topological polar surface area (TPSA) is 57.2 Å². The van der Waals surface area contributed by atoms with Crippen molar-refractivity contribution in [2.75, 3.05) is 0 Å². The Kier molecular flexibility index (Phi) is 8.81. The molecule has 174 valence electrons. The zero-order valence-corrected chi connectivity index (χ0v) is 22.1. The van der Waals surface area contributed by atoms with Crippen molar-refractivity contribution in [2.45, 2.75) is 71.7 Å². The first-order valence-corrected chi connectivity index (χ1v) is 13.2. The van der Waals surface area contributed by atoms with E-state index in [1.54, 1.807) is 7.14 Å². The van der Waals surface area contributed by atoms with Gasteiger partial charge >= 0.3 is 26.7 Å². The van der Waals surface area contributed by atoms with Crippen LogP contribution in [0.5, 0.6) is 0 Å². The molecule has 0 saturated carbocycles. The van der Waals surface area contributed by atoms with Gasteiger partial charge in [-0.2, -0.15) is 13.2 Å². The highest BCUT2D eigenvalue weighted by atomic mass is 127. The monoisotopic (exact) mass is 570 g/mol. The number of benzene rings is 2. The lowest BCUT2D eigenvalue weighted by atomic mass is 9.87. The molecule has 0 aliphatic carbocycles. The second-order valence-electron chi connectivity index (χ2n) is 9.42. The van der Waals surface area contributed by atoms with Crippen molar-refractivity contribution in [3.63, 3.8) is 0 Å². The molecular weight excluding hydrogens is 540 g/mol. The average molecular weight is 570 g/mol. The fourth-order valence-corrected chi connectivity index (χ4v) is 5.25. The molecule has 0 aliphatic rings. The number of hydrogen-bond donors (Lipinski definition) is 0. The Bertz CT molecular complexity index is 954. The van der Waals surface area contributed by atoms with Crippen LogP contribution in [-0.4, -0.2) is 18.5 Å². The SMILES string of the molecule is Cc1ccc(C(C)(C)C)cc1[I+]c1cc(C(C)(C)C)ccc1C.O=S(=O)([O-])C(F)(F)F. The van der Waals surface area contributed by atoms with Crippen LogP contribution in [0.3, 0.4) is 0 Å². The summed E-state index contributed by atoms with van der Waals surface area (Å²) in [4.78, 5) is 0. The third-order valence-electron chi connectivity index (χ3n) is 4.56. The van der Waals surface area contributed by atoms with Crippen molar-refractivity contribution in [2.24, 2.45) is 0 Å². The van der Waals surface area contributed by atoms with E-state index in [9.17, 15) is 13.2 Å². The third-order valence-corrected chi connectivity index (χ3v) is 8.62. The molecule has 2 rings (SSSR count). The summed E-state index contributed by atoms with van der Waals surface area (Å²) in [6.45, 7) is 18.3. The second-order valence-corrected chi connectivity index (χ2v) is 13.7. The number of alkyl halides is 3. The van der Waals surface area contributed by atoms with Crippen LogP contribution in [0.15, 0.2) is 36.4 Å². The summed E-state index contributed by atoms with van der Waals surface area (Å²) in [6, 6.07) is 14.1. The van der Waals surface area contributed by atoms with E-state index in [1.165, 1.54) is 22.3 Å². The van der Waals surface area contributed by atoms with Gasteiger partial charge in [-0.05, 0) is 47.9 Å². The van der Waals surface area contributed by atoms with Crippen LogP contribution in [0.2, 0.25) is 0 Å². The highest BCUT2D eigenvalue weighted by molar-refractivity contribution is 7.86. The molecule has 31 heavy (non-hydrogen) atoms. The van der Waals surface area contributed by atoms with Crippen molar-refractivity contribution < 1.29 is 47.3 Å². The van der Waals surface area contributed by atoms with Gasteiger partial charge in [-0.25, -0.2) is 8.42 Å². The predicted molar refractivity (Wildman–Crippen MR) is 113 cm³/mol. The molecule has 0 bridgehead atoms. The summed E-state index contributed by atoms with van der Waals surface area (Å²) in [6.07, 6.45) is 0. The van der Waals surface area contributed by atoms with Crippen LogP contribution in [0, 0.1) is 21.0 Å². The standard InChI is InChI=1S/C22H30I.CHF3O3S/c1-15-9-11-17(21(3,4)5)13-19(15)23-20-14-18(22(6,7)8)12-10-16(20)2;2-1(3,4)8(5,6)7/h9-14H,1-8H3;(H,5,6,7)/q+1;/p-1. The summed E-state index contributed by atoms with van der Waals surface area (Å²) in [7, 11) is -6.09. The first kappa shape index (κ1) is 27.9. The molecule has 0 N–H and O–H groups in total. The van der Waals surface area contributed by atoms with Gasteiger partial charge < -0.3 is 4.55 Å². The Balaban J connectivity index is 0.000000512. The van der Waals surface area contributed by atoms with Crippen LogP contribution in [0.4, 0.5) is 13.2 Å². The second kappa shape index (κ2) is 9.79. The Morgan fingerprint density at radius 2 is 1.03 bits per heavy atom. The summed E-state index contributed by atoms with van der Waals surface area (Å²) in [5, 5.41) is 0. The quantitative estimate of drug-likeness (QED) is 0.317. The molecule has 0 saturated heterocycles. The highest BCUT2D eigenvalue weighted by Gasteiger charge is 2.37. The Morgan fingerprint density at radius 3 is 1.26 bits per heavy atom. The molecule has 0 atom stereocenters. The summed E-state index contributed by atoms with van der Waals surface area (Å²) < 4.78 is 62.0. The predicted octanol–water partition coefficient (Wildman–Crippen LogP) is 3.08. The van der Waals surface area contributed by atoms with Gasteiger partial charge in [-0.1, -0.05) is 65.8 Å². The molecular formula is C23H30F3IO3S. The molecule has 2 aromatic rings. The zero-order valence-electron chi connectivity index (χ0n) is 19.1. The molecule has 8 heteroatoms. The minimum atomic E-state index is -6.09. The van der Waals surface area contributed by atoms with E-state index < -0.39 is 15.6 Å². The minimum absolute atomic E-state index is 0.145. The third kappa shape index (κ3) is 8.38. The fraction of sp³-hybridized carbons (Fsp3) is 0.478.